The van der Waals surface area contributed by atoms with Crippen LogP contribution in [0.15, 0.2) is 15.6 Å². The first-order valence-corrected chi connectivity index (χ1v) is 5.17. The van der Waals surface area contributed by atoms with Gasteiger partial charge in [-0.2, -0.15) is 0 Å². The third-order valence-electron chi connectivity index (χ3n) is 1.96. The molecule has 72 valence electrons. The minimum Gasteiger partial charge on any atom is -0.295 e. The molecule has 1 aromatic heterocycles. The molecule has 0 aromatic carbocycles. The van der Waals surface area contributed by atoms with Crippen LogP contribution >= 0.6 is 27.5 Å². The van der Waals surface area contributed by atoms with Crippen LogP contribution in [0.1, 0.15) is 26.3 Å². The molecule has 1 heterocycles. The van der Waals surface area contributed by atoms with Crippen LogP contribution in [0.2, 0.25) is 5.15 Å². The van der Waals surface area contributed by atoms with E-state index in [9.17, 15) is 4.79 Å². The van der Waals surface area contributed by atoms with Crippen molar-refractivity contribution in [2.24, 2.45) is 0 Å². The Bertz CT molecular complexity index is 364. The highest BCUT2D eigenvalue weighted by molar-refractivity contribution is 9.10. The van der Waals surface area contributed by atoms with Gasteiger partial charge in [0.25, 0.3) is 5.56 Å². The fourth-order valence-corrected chi connectivity index (χ4v) is 1.37. The molecular weight excluding hydrogens is 255 g/mol. The maximum atomic E-state index is 11.6. The van der Waals surface area contributed by atoms with Crippen LogP contribution in [0.3, 0.4) is 0 Å². The molecule has 13 heavy (non-hydrogen) atoms. The lowest BCUT2D eigenvalue weighted by Gasteiger charge is -2.12. The summed E-state index contributed by atoms with van der Waals surface area (Å²) in [6.07, 6.45) is 2.36. The van der Waals surface area contributed by atoms with E-state index in [2.05, 4.69) is 20.9 Å². The highest BCUT2D eigenvalue weighted by Crippen LogP contribution is 2.15. The Morgan fingerprint density at radius 1 is 1.77 bits per heavy atom. The summed E-state index contributed by atoms with van der Waals surface area (Å²) in [6, 6.07) is 0.147. The van der Waals surface area contributed by atoms with Crippen molar-refractivity contribution in [2.75, 3.05) is 0 Å². The molecule has 0 aliphatic heterocycles. The molecule has 0 bridgehead atoms. The molecule has 1 rings (SSSR count). The SMILES string of the molecule is CCC(C)n1cnc(Cl)c(Br)c1=O. The standard InChI is InChI=1S/C8H10BrClN2O/c1-3-5(2)12-4-11-7(10)6(9)8(12)13/h4-5H,3H2,1-2H3. The van der Waals surface area contributed by atoms with Gasteiger partial charge in [-0.15, -0.1) is 0 Å². The highest BCUT2D eigenvalue weighted by atomic mass is 79.9. The zero-order valence-corrected chi connectivity index (χ0v) is 9.76. The summed E-state index contributed by atoms with van der Waals surface area (Å²) < 4.78 is 1.90. The van der Waals surface area contributed by atoms with Gasteiger partial charge in [0.05, 0.1) is 6.33 Å². The number of hydrogen-bond acceptors (Lipinski definition) is 2. The maximum Gasteiger partial charge on any atom is 0.269 e. The van der Waals surface area contributed by atoms with Gasteiger partial charge < -0.3 is 0 Å². The molecule has 5 heteroatoms. The first-order chi connectivity index (χ1) is 6.07. The third-order valence-corrected chi connectivity index (χ3v) is 3.19. The Morgan fingerprint density at radius 2 is 2.38 bits per heavy atom. The van der Waals surface area contributed by atoms with E-state index in [0.717, 1.165) is 6.42 Å². The first-order valence-electron chi connectivity index (χ1n) is 4.00. The van der Waals surface area contributed by atoms with Crippen molar-refractivity contribution in [3.63, 3.8) is 0 Å². The van der Waals surface area contributed by atoms with Gasteiger partial charge in [-0.05, 0) is 29.3 Å². The lowest BCUT2D eigenvalue weighted by Crippen LogP contribution is -2.24. The van der Waals surface area contributed by atoms with Gasteiger partial charge in [-0.3, -0.25) is 9.36 Å². The van der Waals surface area contributed by atoms with Crippen molar-refractivity contribution in [3.8, 4) is 0 Å². The molecule has 0 radical (unpaired) electrons. The second kappa shape index (κ2) is 4.24. The largest absolute Gasteiger partial charge is 0.295 e. The molecule has 0 aliphatic carbocycles. The van der Waals surface area contributed by atoms with Gasteiger partial charge in [-0.1, -0.05) is 18.5 Å². The topological polar surface area (TPSA) is 34.9 Å². The number of hydrogen-bond donors (Lipinski definition) is 0. The van der Waals surface area contributed by atoms with Crippen molar-refractivity contribution < 1.29 is 0 Å². The van der Waals surface area contributed by atoms with Gasteiger partial charge in [-0.25, -0.2) is 4.98 Å². The molecule has 0 spiro atoms. The van der Waals surface area contributed by atoms with Crippen molar-refractivity contribution >= 4 is 27.5 Å². The second-order valence-corrected chi connectivity index (χ2v) is 3.97. The summed E-state index contributed by atoms with van der Waals surface area (Å²) >= 11 is 8.76. The number of aromatic nitrogens is 2. The highest BCUT2D eigenvalue weighted by Gasteiger charge is 2.09. The van der Waals surface area contributed by atoms with E-state index in [1.54, 1.807) is 4.57 Å². The summed E-state index contributed by atoms with van der Waals surface area (Å²) in [5.41, 5.74) is -0.130. The summed E-state index contributed by atoms with van der Waals surface area (Å²) in [7, 11) is 0. The van der Waals surface area contributed by atoms with Crippen molar-refractivity contribution in [2.45, 2.75) is 26.3 Å². The fourth-order valence-electron chi connectivity index (χ4n) is 0.934. The van der Waals surface area contributed by atoms with Gasteiger partial charge in [0.1, 0.15) is 4.47 Å². The Kier molecular flexibility index (Phi) is 3.50. The van der Waals surface area contributed by atoms with Crippen LogP contribution in [-0.4, -0.2) is 9.55 Å². The van der Waals surface area contributed by atoms with Crippen molar-refractivity contribution in [3.05, 3.63) is 26.3 Å². The summed E-state index contributed by atoms with van der Waals surface area (Å²) in [6.45, 7) is 3.98. The third kappa shape index (κ3) is 2.11. The number of halogens is 2. The van der Waals surface area contributed by atoms with Crippen LogP contribution < -0.4 is 5.56 Å². The molecule has 1 aromatic rings. The molecule has 1 atom stereocenters. The molecule has 1 unspecified atom stereocenters. The molecule has 0 saturated carbocycles. The molecule has 3 nitrogen and oxygen atoms in total. The lowest BCUT2D eigenvalue weighted by atomic mass is 10.2. The quantitative estimate of drug-likeness (QED) is 0.771. The predicted molar refractivity (Wildman–Crippen MR) is 56.2 cm³/mol. The summed E-state index contributed by atoms with van der Waals surface area (Å²) in [4.78, 5) is 15.5. The van der Waals surface area contributed by atoms with E-state index in [-0.39, 0.29) is 16.8 Å². The van der Waals surface area contributed by atoms with E-state index in [0.29, 0.717) is 4.47 Å². The minimum absolute atomic E-state index is 0.130. The Labute approximate surface area is 89.9 Å². The molecular formula is C8H10BrClN2O. The van der Waals surface area contributed by atoms with E-state index in [1.807, 2.05) is 13.8 Å². The molecule has 0 aliphatic rings. The average molecular weight is 266 g/mol. The maximum absolute atomic E-state index is 11.6. The summed E-state index contributed by atoms with van der Waals surface area (Å²) in [5, 5.41) is 0.213. The number of nitrogens with zero attached hydrogens (tertiary/aromatic N) is 2. The van der Waals surface area contributed by atoms with Crippen LogP contribution in [0.5, 0.6) is 0 Å². The van der Waals surface area contributed by atoms with E-state index in [4.69, 9.17) is 11.6 Å². The van der Waals surface area contributed by atoms with Crippen LogP contribution in [0, 0.1) is 0 Å². The second-order valence-electron chi connectivity index (χ2n) is 2.82. The van der Waals surface area contributed by atoms with Gasteiger partial charge in [0, 0.05) is 6.04 Å². The molecule has 0 amide bonds. The molecule has 0 fully saturated rings. The first kappa shape index (κ1) is 10.7. The number of rotatable bonds is 2. The van der Waals surface area contributed by atoms with Crippen LogP contribution in [0.4, 0.5) is 0 Å². The van der Waals surface area contributed by atoms with Gasteiger partial charge in [0.2, 0.25) is 0 Å². The van der Waals surface area contributed by atoms with E-state index < -0.39 is 0 Å². The van der Waals surface area contributed by atoms with Crippen LogP contribution in [0.25, 0.3) is 0 Å². The van der Waals surface area contributed by atoms with Crippen molar-refractivity contribution in [1.29, 1.82) is 0 Å². The fraction of sp³-hybridized carbons (Fsp3) is 0.500. The Balaban J connectivity index is 3.26. The normalized spacial score (nSPS) is 12.9. The molecule has 0 N–H and O–H groups in total. The molecule has 0 saturated heterocycles. The zero-order chi connectivity index (χ0) is 10.0. The Morgan fingerprint density at radius 3 is 2.92 bits per heavy atom. The average Bonchev–Trinajstić information content (AvgIpc) is 2.13. The van der Waals surface area contributed by atoms with Gasteiger partial charge in [0.15, 0.2) is 5.15 Å². The zero-order valence-electron chi connectivity index (χ0n) is 7.42. The van der Waals surface area contributed by atoms with E-state index >= 15 is 0 Å². The minimum atomic E-state index is -0.130. The van der Waals surface area contributed by atoms with Crippen LogP contribution in [-0.2, 0) is 0 Å². The van der Waals surface area contributed by atoms with Gasteiger partial charge >= 0.3 is 0 Å². The van der Waals surface area contributed by atoms with E-state index in [1.165, 1.54) is 6.33 Å². The predicted octanol–water partition coefficient (Wildman–Crippen LogP) is 2.63. The smallest absolute Gasteiger partial charge is 0.269 e. The monoisotopic (exact) mass is 264 g/mol. The van der Waals surface area contributed by atoms with Crippen molar-refractivity contribution in [1.82, 2.24) is 9.55 Å². The summed E-state index contributed by atoms with van der Waals surface area (Å²) in [5.74, 6) is 0. The lowest BCUT2D eigenvalue weighted by molar-refractivity contribution is 0.505. The Hall–Kier alpha value is -0.350.